The van der Waals surface area contributed by atoms with E-state index in [1.54, 1.807) is 20.2 Å². The van der Waals surface area contributed by atoms with Crippen LogP contribution in [0.1, 0.15) is 30.1 Å². The van der Waals surface area contributed by atoms with E-state index in [0.29, 0.717) is 12.4 Å². The Balaban J connectivity index is 2.92. The van der Waals surface area contributed by atoms with Crippen molar-refractivity contribution in [3.05, 3.63) is 23.3 Å². The van der Waals surface area contributed by atoms with Crippen molar-refractivity contribution in [1.29, 1.82) is 0 Å². The zero-order valence-corrected chi connectivity index (χ0v) is 8.11. The Morgan fingerprint density at radius 1 is 1.62 bits per heavy atom. The number of aryl methyl sites for hydroxylation is 1. The van der Waals surface area contributed by atoms with E-state index in [0.717, 1.165) is 11.3 Å². The number of aromatic nitrogens is 2. The monoisotopic (exact) mass is 182 g/mol. The zero-order valence-electron chi connectivity index (χ0n) is 8.11. The molecule has 0 saturated carbocycles. The summed E-state index contributed by atoms with van der Waals surface area (Å²) in [6, 6.07) is 0. The van der Waals surface area contributed by atoms with E-state index < -0.39 is 6.10 Å². The molecule has 0 bridgehead atoms. The first-order chi connectivity index (χ1) is 6.15. The van der Waals surface area contributed by atoms with E-state index >= 15 is 0 Å². The van der Waals surface area contributed by atoms with Gasteiger partial charge in [0.2, 0.25) is 0 Å². The third kappa shape index (κ3) is 2.47. The first-order valence-electron chi connectivity index (χ1n) is 4.14. The minimum absolute atomic E-state index is 0.404. The zero-order chi connectivity index (χ0) is 9.84. The second-order valence-corrected chi connectivity index (χ2v) is 2.94. The maximum absolute atomic E-state index is 9.31. The first-order valence-corrected chi connectivity index (χ1v) is 4.14. The largest absolute Gasteiger partial charge is 0.389 e. The van der Waals surface area contributed by atoms with Gasteiger partial charge in [-0.05, 0) is 13.8 Å². The van der Waals surface area contributed by atoms with Crippen molar-refractivity contribution in [3.8, 4) is 0 Å². The summed E-state index contributed by atoms with van der Waals surface area (Å²) >= 11 is 0. The van der Waals surface area contributed by atoms with Gasteiger partial charge >= 0.3 is 0 Å². The Morgan fingerprint density at radius 2 is 2.31 bits per heavy atom. The minimum Gasteiger partial charge on any atom is -0.389 e. The Labute approximate surface area is 77.6 Å². The lowest BCUT2D eigenvalue weighted by Gasteiger charge is -2.08. The number of methoxy groups -OCH3 is 1. The Kier molecular flexibility index (Phi) is 3.33. The average molecular weight is 182 g/mol. The molecular weight excluding hydrogens is 168 g/mol. The summed E-state index contributed by atoms with van der Waals surface area (Å²) in [5.41, 5.74) is 1.57. The van der Waals surface area contributed by atoms with Gasteiger partial charge in [-0.2, -0.15) is 0 Å². The lowest BCUT2D eigenvalue weighted by Crippen LogP contribution is -2.04. The molecule has 0 aliphatic heterocycles. The van der Waals surface area contributed by atoms with Crippen molar-refractivity contribution in [1.82, 2.24) is 9.97 Å². The van der Waals surface area contributed by atoms with E-state index in [9.17, 15) is 5.11 Å². The van der Waals surface area contributed by atoms with Crippen LogP contribution < -0.4 is 0 Å². The molecule has 1 rings (SSSR count). The third-order valence-corrected chi connectivity index (χ3v) is 1.79. The van der Waals surface area contributed by atoms with Gasteiger partial charge < -0.3 is 9.84 Å². The number of hydrogen-bond donors (Lipinski definition) is 1. The smallest absolute Gasteiger partial charge is 0.154 e. The molecule has 0 aliphatic carbocycles. The molecule has 0 spiro atoms. The fourth-order valence-corrected chi connectivity index (χ4v) is 1.13. The molecule has 0 saturated heterocycles. The number of aliphatic hydroxyl groups excluding tert-OH is 1. The number of hydrogen-bond acceptors (Lipinski definition) is 4. The van der Waals surface area contributed by atoms with Gasteiger partial charge in [0.25, 0.3) is 0 Å². The van der Waals surface area contributed by atoms with Gasteiger partial charge in [-0.1, -0.05) is 0 Å². The molecule has 0 radical (unpaired) electrons. The molecule has 72 valence electrons. The van der Waals surface area contributed by atoms with Crippen molar-refractivity contribution < 1.29 is 9.84 Å². The lowest BCUT2D eigenvalue weighted by molar-refractivity contribution is 0.176. The highest BCUT2D eigenvalue weighted by molar-refractivity contribution is 5.18. The maximum atomic E-state index is 9.31. The number of ether oxygens (including phenoxy) is 1. The lowest BCUT2D eigenvalue weighted by atomic mass is 10.1. The first kappa shape index (κ1) is 10.1. The summed E-state index contributed by atoms with van der Waals surface area (Å²) < 4.78 is 4.90. The molecule has 1 aromatic rings. The van der Waals surface area contributed by atoms with Crippen LogP contribution in [0, 0.1) is 6.92 Å². The standard InChI is InChI=1S/C9H14N2O2/c1-6-8(7(2)12)4-10-9(11-6)5-13-3/h4,7,12H,5H2,1-3H3/t7-/m0/s1. The summed E-state index contributed by atoms with van der Waals surface area (Å²) in [4.78, 5) is 8.24. The van der Waals surface area contributed by atoms with Crippen LogP contribution in [0.15, 0.2) is 6.20 Å². The Morgan fingerprint density at radius 3 is 2.77 bits per heavy atom. The molecule has 0 aromatic carbocycles. The average Bonchev–Trinajstić information content (AvgIpc) is 2.04. The molecular formula is C9H14N2O2. The molecule has 4 heteroatoms. The summed E-state index contributed by atoms with van der Waals surface area (Å²) in [7, 11) is 1.60. The van der Waals surface area contributed by atoms with Crippen LogP contribution in [0.4, 0.5) is 0 Å². The molecule has 1 aromatic heterocycles. The van der Waals surface area contributed by atoms with Crippen LogP contribution >= 0.6 is 0 Å². The van der Waals surface area contributed by atoms with Crippen molar-refractivity contribution >= 4 is 0 Å². The summed E-state index contributed by atoms with van der Waals surface area (Å²) in [6.07, 6.45) is 1.12. The normalized spacial score (nSPS) is 12.9. The number of aliphatic hydroxyl groups is 1. The predicted octanol–water partition coefficient (Wildman–Crippen LogP) is 0.985. The van der Waals surface area contributed by atoms with Crippen LogP contribution in [0.2, 0.25) is 0 Å². The topological polar surface area (TPSA) is 55.2 Å². The molecule has 4 nitrogen and oxygen atoms in total. The van der Waals surface area contributed by atoms with E-state index in [1.807, 2.05) is 6.92 Å². The second-order valence-electron chi connectivity index (χ2n) is 2.94. The van der Waals surface area contributed by atoms with Crippen LogP contribution in [0.3, 0.4) is 0 Å². The van der Waals surface area contributed by atoms with Gasteiger partial charge in [0.1, 0.15) is 6.61 Å². The highest BCUT2D eigenvalue weighted by Crippen LogP contribution is 2.13. The maximum Gasteiger partial charge on any atom is 0.154 e. The molecule has 1 atom stereocenters. The van der Waals surface area contributed by atoms with Crippen molar-refractivity contribution in [2.45, 2.75) is 26.6 Å². The molecule has 1 N–H and O–H groups in total. The molecule has 0 unspecified atom stereocenters. The second kappa shape index (κ2) is 4.30. The van der Waals surface area contributed by atoms with Gasteiger partial charge in [0.05, 0.1) is 6.10 Å². The highest BCUT2D eigenvalue weighted by Gasteiger charge is 2.07. The Bertz CT molecular complexity index is 287. The van der Waals surface area contributed by atoms with E-state index in [-0.39, 0.29) is 0 Å². The Hall–Kier alpha value is -1.00. The minimum atomic E-state index is -0.517. The van der Waals surface area contributed by atoms with E-state index in [1.165, 1.54) is 0 Å². The van der Waals surface area contributed by atoms with E-state index in [4.69, 9.17) is 4.74 Å². The molecule has 0 fully saturated rings. The van der Waals surface area contributed by atoms with Crippen molar-refractivity contribution in [3.63, 3.8) is 0 Å². The van der Waals surface area contributed by atoms with Crippen LogP contribution in [0.25, 0.3) is 0 Å². The quantitative estimate of drug-likeness (QED) is 0.757. The molecule has 0 aliphatic rings. The van der Waals surface area contributed by atoms with Crippen molar-refractivity contribution in [2.24, 2.45) is 0 Å². The summed E-state index contributed by atoms with van der Waals surface area (Å²) in [5.74, 6) is 0.643. The summed E-state index contributed by atoms with van der Waals surface area (Å²) in [6.45, 7) is 3.95. The fourth-order valence-electron chi connectivity index (χ4n) is 1.13. The van der Waals surface area contributed by atoms with Crippen LogP contribution in [-0.2, 0) is 11.3 Å². The number of rotatable bonds is 3. The highest BCUT2D eigenvalue weighted by atomic mass is 16.5. The van der Waals surface area contributed by atoms with Gasteiger partial charge in [-0.25, -0.2) is 9.97 Å². The van der Waals surface area contributed by atoms with Gasteiger partial charge in [0.15, 0.2) is 5.82 Å². The SMILES string of the molecule is COCc1ncc([C@H](C)O)c(C)n1. The molecule has 13 heavy (non-hydrogen) atoms. The van der Waals surface area contributed by atoms with Crippen molar-refractivity contribution in [2.75, 3.05) is 7.11 Å². The molecule has 1 heterocycles. The van der Waals surface area contributed by atoms with Gasteiger partial charge in [0, 0.05) is 24.6 Å². The predicted molar refractivity (Wildman–Crippen MR) is 48.1 cm³/mol. The third-order valence-electron chi connectivity index (χ3n) is 1.79. The van der Waals surface area contributed by atoms with Crippen LogP contribution in [0.5, 0.6) is 0 Å². The van der Waals surface area contributed by atoms with Crippen LogP contribution in [-0.4, -0.2) is 22.2 Å². The van der Waals surface area contributed by atoms with E-state index in [2.05, 4.69) is 9.97 Å². The fraction of sp³-hybridized carbons (Fsp3) is 0.556. The summed E-state index contributed by atoms with van der Waals surface area (Å²) in [5, 5.41) is 9.31. The number of nitrogens with zero attached hydrogens (tertiary/aromatic N) is 2. The van der Waals surface area contributed by atoms with Gasteiger partial charge in [-0.15, -0.1) is 0 Å². The molecule has 0 amide bonds. The van der Waals surface area contributed by atoms with Gasteiger partial charge in [-0.3, -0.25) is 0 Å².